The number of rotatable bonds is 12. The lowest BCUT2D eigenvalue weighted by Crippen LogP contribution is -2.40. The Hall–Kier alpha value is -3.05. The van der Waals surface area contributed by atoms with Crippen molar-refractivity contribution in [2.45, 2.75) is 52.4 Å². The predicted octanol–water partition coefficient (Wildman–Crippen LogP) is 5.36. The van der Waals surface area contributed by atoms with E-state index in [0.717, 1.165) is 28.5 Å². The first-order chi connectivity index (χ1) is 20.8. The Morgan fingerprint density at radius 2 is 1.70 bits per heavy atom. The summed E-state index contributed by atoms with van der Waals surface area (Å²) in [4.78, 5) is 28.6. The fraction of sp³-hybridized carbons (Fsp3) is 0.419. The zero-order valence-corrected chi connectivity index (χ0v) is 26.5. The molecule has 0 radical (unpaired) electrons. The number of thiophene rings is 1. The van der Waals surface area contributed by atoms with Crippen molar-refractivity contribution >= 4 is 34.5 Å². The molecule has 1 atom stereocenters. The average molecular weight is 629 g/mol. The van der Waals surface area contributed by atoms with E-state index in [1.807, 2.05) is 36.6 Å². The molecule has 43 heavy (non-hydrogen) atoms. The van der Waals surface area contributed by atoms with Crippen molar-refractivity contribution in [3.8, 4) is 11.4 Å². The molecule has 1 aliphatic rings. The number of ether oxygens (including phenoxy) is 3. The molecular formula is C31H37N2O8PS. The standard InChI is InChI=1S/C31H37N2O8PS/c1-5-39-42(36,40-6-2)24-13-11-22(12-14-24)33-29(34)28-21(3)20-43-30(28)32(31(33)35)19-27(41-23-15-17-38-18-16-23)25-9-7-8-10-26(25)37-4/h7-14,20,23,27H,5-6,15-19H2,1-4H3/t27-/m0/s1. The lowest BCUT2D eigenvalue weighted by Gasteiger charge is -2.29. The smallest absolute Gasteiger partial charge is 0.361 e. The maximum atomic E-state index is 14.2. The number of hydrogen-bond donors (Lipinski definition) is 0. The first-order valence-electron chi connectivity index (χ1n) is 14.4. The Bertz CT molecular complexity index is 1710. The number of nitrogens with zero attached hydrogens (tertiary/aromatic N) is 2. The Balaban J connectivity index is 1.63. The van der Waals surface area contributed by atoms with Crippen molar-refractivity contribution in [3.63, 3.8) is 0 Å². The molecule has 10 nitrogen and oxygen atoms in total. The van der Waals surface area contributed by atoms with E-state index < -0.39 is 24.9 Å². The lowest BCUT2D eigenvalue weighted by molar-refractivity contribution is -0.0752. The molecule has 4 aromatic rings. The largest absolute Gasteiger partial charge is 0.496 e. The van der Waals surface area contributed by atoms with Crippen LogP contribution in [0.3, 0.4) is 0 Å². The van der Waals surface area contributed by atoms with Crippen molar-refractivity contribution < 1.29 is 27.8 Å². The molecular weight excluding hydrogens is 591 g/mol. The van der Waals surface area contributed by atoms with Crippen LogP contribution in [-0.4, -0.2) is 48.8 Å². The summed E-state index contributed by atoms with van der Waals surface area (Å²) in [5.41, 5.74) is 1.02. The van der Waals surface area contributed by atoms with Crippen LogP contribution >= 0.6 is 18.9 Å². The molecule has 230 valence electrons. The maximum Gasteiger partial charge on any atom is 0.361 e. The van der Waals surface area contributed by atoms with Crippen molar-refractivity contribution in [2.75, 3.05) is 33.5 Å². The second-order valence-corrected chi connectivity index (χ2v) is 13.0. The number of aryl methyl sites for hydroxylation is 1. The van der Waals surface area contributed by atoms with Crippen molar-refractivity contribution in [2.24, 2.45) is 0 Å². The minimum Gasteiger partial charge on any atom is -0.496 e. The average Bonchev–Trinajstić information content (AvgIpc) is 3.41. The SMILES string of the molecule is CCOP(=O)(OCC)c1ccc(-n2c(=O)c3c(C)csc3n(C[C@H](OC3CCOCC3)c3ccccc3OC)c2=O)cc1. The maximum absolute atomic E-state index is 14.2. The second-order valence-electron chi connectivity index (χ2n) is 10.2. The number of benzene rings is 2. The van der Waals surface area contributed by atoms with Gasteiger partial charge in [0.2, 0.25) is 0 Å². The van der Waals surface area contributed by atoms with E-state index in [1.165, 1.54) is 11.3 Å². The van der Waals surface area contributed by atoms with E-state index in [4.69, 9.17) is 23.3 Å². The van der Waals surface area contributed by atoms with Crippen LogP contribution < -0.4 is 21.3 Å². The van der Waals surface area contributed by atoms with Gasteiger partial charge in [-0.05, 0) is 74.9 Å². The normalized spacial score (nSPS) is 15.2. The minimum absolute atomic E-state index is 0.0512. The highest BCUT2D eigenvalue weighted by Crippen LogP contribution is 2.46. The van der Waals surface area contributed by atoms with E-state index >= 15 is 0 Å². The van der Waals surface area contributed by atoms with Gasteiger partial charge in [-0.25, -0.2) is 9.36 Å². The van der Waals surface area contributed by atoms with Gasteiger partial charge in [0.1, 0.15) is 16.7 Å². The summed E-state index contributed by atoms with van der Waals surface area (Å²) < 4.78 is 44.9. The van der Waals surface area contributed by atoms with Gasteiger partial charge < -0.3 is 23.3 Å². The Morgan fingerprint density at radius 3 is 2.35 bits per heavy atom. The molecule has 12 heteroatoms. The van der Waals surface area contributed by atoms with Gasteiger partial charge in [-0.2, -0.15) is 0 Å². The molecule has 0 N–H and O–H groups in total. The van der Waals surface area contributed by atoms with Gasteiger partial charge in [-0.1, -0.05) is 18.2 Å². The van der Waals surface area contributed by atoms with Crippen LogP contribution in [0.25, 0.3) is 15.9 Å². The monoisotopic (exact) mass is 628 g/mol. The van der Waals surface area contributed by atoms with Crippen LogP contribution in [-0.2, 0) is 29.6 Å². The Kier molecular flexibility index (Phi) is 10.0. The zero-order chi connectivity index (χ0) is 30.6. The van der Waals surface area contributed by atoms with Gasteiger partial charge in [0.15, 0.2) is 0 Å². The van der Waals surface area contributed by atoms with E-state index in [1.54, 1.807) is 49.8 Å². The Morgan fingerprint density at radius 1 is 1.02 bits per heavy atom. The quantitative estimate of drug-likeness (QED) is 0.193. The highest BCUT2D eigenvalue weighted by Gasteiger charge is 2.29. The number of methoxy groups -OCH3 is 1. The van der Waals surface area contributed by atoms with Gasteiger partial charge in [0.05, 0.1) is 49.4 Å². The van der Waals surface area contributed by atoms with Crippen molar-refractivity contribution in [3.05, 3.63) is 85.9 Å². The molecule has 2 aromatic carbocycles. The van der Waals surface area contributed by atoms with Gasteiger partial charge in [-0.15, -0.1) is 11.3 Å². The number of aromatic nitrogens is 2. The molecule has 3 heterocycles. The van der Waals surface area contributed by atoms with Crippen molar-refractivity contribution in [1.82, 2.24) is 9.13 Å². The van der Waals surface area contributed by atoms with E-state index in [0.29, 0.717) is 40.2 Å². The highest BCUT2D eigenvalue weighted by molar-refractivity contribution is 7.62. The number of para-hydroxylation sites is 1. The van der Waals surface area contributed by atoms with E-state index in [9.17, 15) is 14.2 Å². The van der Waals surface area contributed by atoms with Gasteiger partial charge in [0.25, 0.3) is 5.56 Å². The first kappa shape index (κ1) is 31.4. The van der Waals surface area contributed by atoms with Crippen LogP contribution in [0.1, 0.15) is 43.9 Å². The molecule has 0 aliphatic carbocycles. The summed E-state index contributed by atoms with van der Waals surface area (Å²) in [6, 6.07) is 14.0. The third-order valence-corrected chi connectivity index (χ3v) is 10.7. The summed E-state index contributed by atoms with van der Waals surface area (Å²) in [6.45, 7) is 7.14. The van der Waals surface area contributed by atoms with Crippen LogP contribution in [0.4, 0.5) is 0 Å². The molecule has 0 amide bonds. The summed E-state index contributed by atoms with van der Waals surface area (Å²) in [7, 11) is -1.93. The fourth-order valence-corrected chi connectivity index (χ4v) is 7.97. The minimum atomic E-state index is -3.54. The third kappa shape index (κ3) is 6.43. The number of fused-ring (bicyclic) bond motifs is 1. The number of hydrogen-bond acceptors (Lipinski definition) is 9. The van der Waals surface area contributed by atoms with E-state index in [-0.39, 0.29) is 25.9 Å². The molecule has 1 fully saturated rings. The van der Waals surface area contributed by atoms with Gasteiger partial charge in [-0.3, -0.25) is 13.9 Å². The molecule has 2 aromatic heterocycles. The van der Waals surface area contributed by atoms with Crippen LogP contribution in [0.2, 0.25) is 0 Å². The lowest BCUT2D eigenvalue weighted by atomic mass is 10.1. The van der Waals surface area contributed by atoms with Gasteiger partial charge >= 0.3 is 13.3 Å². The molecule has 0 spiro atoms. The molecule has 5 rings (SSSR count). The second kappa shape index (κ2) is 13.7. The van der Waals surface area contributed by atoms with E-state index in [2.05, 4.69) is 0 Å². The predicted molar refractivity (Wildman–Crippen MR) is 168 cm³/mol. The Labute approximate surface area is 254 Å². The molecule has 0 unspecified atom stereocenters. The summed E-state index contributed by atoms with van der Waals surface area (Å²) in [6.07, 6.45) is 0.907. The summed E-state index contributed by atoms with van der Waals surface area (Å²) in [5.74, 6) is 0.656. The van der Waals surface area contributed by atoms with Crippen molar-refractivity contribution in [1.29, 1.82) is 0 Å². The van der Waals surface area contributed by atoms with Crippen LogP contribution in [0.15, 0.2) is 63.5 Å². The molecule has 0 saturated carbocycles. The summed E-state index contributed by atoms with van der Waals surface area (Å²) in [5, 5.41) is 2.70. The topological polar surface area (TPSA) is 107 Å². The fourth-order valence-electron chi connectivity index (χ4n) is 5.35. The third-order valence-electron chi connectivity index (χ3n) is 7.42. The zero-order valence-electron chi connectivity index (χ0n) is 24.8. The molecule has 0 bridgehead atoms. The molecule has 1 saturated heterocycles. The first-order valence-corrected chi connectivity index (χ1v) is 16.8. The van der Waals surface area contributed by atoms with Crippen LogP contribution in [0, 0.1) is 6.92 Å². The molecule has 1 aliphatic heterocycles. The van der Waals surface area contributed by atoms with Gasteiger partial charge in [0, 0.05) is 18.8 Å². The summed E-state index contributed by atoms with van der Waals surface area (Å²) >= 11 is 1.36. The highest BCUT2D eigenvalue weighted by atomic mass is 32.1. The van der Waals surface area contributed by atoms with Crippen LogP contribution in [0.5, 0.6) is 5.75 Å².